The average molecular weight is 371 g/mol. The van der Waals surface area contributed by atoms with E-state index in [9.17, 15) is 9.59 Å². The van der Waals surface area contributed by atoms with Crippen LogP contribution in [0.1, 0.15) is 27.2 Å². The number of hydrogen-bond donors (Lipinski definition) is 1. The van der Waals surface area contributed by atoms with Gasteiger partial charge in [-0.25, -0.2) is 14.8 Å². The fourth-order valence-corrected chi connectivity index (χ4v) is 2.41. The average Bonchev–Trinajstić information content (AvgIpc) is 2.89. The third-order valence-electron chi connectivity index (χ3n) is 3.11. The molecule has 120 valence electrons. The van der Waals surface area contributed by atoms with Crippen molar-refractivity contribution in [3.05, 3.63) is 17.0 Å². The second-order valence-corrected chi connectivity index (χ2v) is 6.85. The molecule has 0 spiro atoms. The lowest BCUT2D eigenvalue weighted by Gasteiger charge is -2.24. The van der Waals surface area contributed by atoms with Crippen molar-refractivity contribution in [1.29, 1.82) is 0 Å². The second kappa shape index (κ2) is 6.60. The molecule has 8 heteroatoms. The summed E-state index contributed by atoms with van der Waals surface area (Å²) in [5.41, 5.74) is -0.540. The van der Waals surface area contributed by atoms with Gasteiger partial charge in [-0.3, -0.25) is 4.79 Å². The van der Waals surface area contributed by atoms with E-state index in [0.29, 0.717) is 29.9 Å². The predicted octanol–water partition coefficient (Wildman–Crippen LogP) is 2.43. The van der Waals surface area contributed by atoms with Gasteiger partial charge in [0.05, 0.1) is 5.92 Å². The van der Waals surface area contributed by atoms with Crippen molar-refractivity contribution in [2.24, 2.45) is 5.92 Å². The van der Waals surface area contributed by atoms with Crippen LogP contribution < -0.4 is 5.32 Å². The van der Waals surface area contributed by atoms with Crippen molar-refractivity contribution in [3.8, 4) is 0 Å². The summed E-state index contributed by atoms with van der Waals surface area (Å²) in [7, 11) is 0. The van der Waals surface area contributed by atoms with Crippen molar-refractivity contribution in [3.63, 3.8) is 0 Å². The maximum atomic E-state index is 12.2. The fraction of sp³-hybridized carbons (Fsp3) is 0.571. The van der Waals surface area contributed by atoms with E-state index < -0.39 is 5.60 Å². The Kier molecular flexibility index (Phi) is 5.00. The molecular formula is C14H19BrN4O3. The Morgan fingerprint density at radius 3 is 2.68 bits per heavy atom. The quantitative estimate of drug-likeness (QED) is 0.863. The Morgan fingerprint density at radius 2 is 2.05 bits per heavy atom. The highest BCUT2D eigenvalue weighted by atomic mass is 79.9. The molecule has 2 rings (SSSR count). The van der Waals surface area contributed by atoms with E-state index in [1.54, 1.807) is 4.90 Å². The minimum Gasteiger partial charge on any atom is -0.444 e. The molecule has 1 fully saturated rings. The molecule has 2 heterocycles. The molecule has 0 bridgehead atoms. The minimum absolute atomic E-state index is 0.174. The number of ether oxygens (including phenoxy) is 1. The normalized spacial score (nSPS) is 18.2. The van der Waals surface area contributed by atoms with E-state index >= 15 is 0 Å². The van der Waals surface area contributed by atoms with Crippen LogP contribution >= 0.6 is 15.9 Å². The first-order valence-corrected chi connectivity index (χ1v) is 7.81. The van der Waals surface area contributed by atoms with E-state index in [-0.39, 0.29) is 17.9 Å². The van der Waals surface area contributed by atoms with Gasteiger partial charge in [0.15, 0.2) is 5.82 Å². The number of halogens is 1. The summed E-state index contributed by atoms with van der Waals surface area (Å²) >= 11 is 3.23. The molecule has 22 heavy (non-hydrogen) atoms. The lowest BCUT2D eigenvalue weighted by Crippen LogP contribution is -2.36. The number of likely N-dealkylation sites (tertiary alicyclic amines) is 1. The molecule has 2 amide bonds. The van der Waals surface area contributed by atoms with Gasteiger partial charge < -0.3 is 15.0 Å². The first-order valence-electron chi connectivity index (χ1n) is 7.01. The highest BCUT2D eigenvalue weighted by molar-refractivity contribution is 9.10. The van der Waals surface area contributed by atoms with Crippen molar-refractivity contribution < 1.29 is 14.3 Å². The highest BCUT2D eigenvalue weighted by Crippen LogP contribution is 2.22. The van der Waals surface area contributed by atoms with Gasteiger partial charge in [-0.15, -0.1) is 0 Å². The van der Waals surface area contributed by atoms with Crippen molar-refractivity contribution >= 4 is 33.7 Å². The van der Waals surface area contributed by atoms with Gasteiger partial charge in [-0.2, -0.15) is 0 Å². The summed E-state index contributed by atoms with van der Waals surface area (Å²) in [5, 5.41) is 2.72. The number of aromatic nitrogens is 2. The number of anilines is 1. The summed E-state index contributed by atoms with van der Waals surface area (Å²) in [4.78, 5) is 33.8. The van der Waals surface area contributed by atoms with Crippen molar-refractivity contribution in [1.82, 2.24) is 14.9 Å². The van der Waals surface area contributed by atoms with Crippen LogP contribution in [0.4, 0.5) is 10.6 Å². The van der Waals surface area contributed by atoms with Crippen LogP contribution in [0.2, 0.25) is 0 Å². The minimum atomic E-state index is -0.540. The predicted molar refractivity (Wildman–Crippen MR) is 84.3 cm³/mol. The SMILES string of the molecule is CC(C)(C)OC(=O)N1CCC(C(=O)Nc2nccnc2Br)C1. The Hall–Kier alpha value is -1.70. The van der Waals surface area contributed by atoms with Gasteiger partial charge in [-0.05, 0) is 43.1 Å². The zero-order valence-corrected chi connectivity index (χ0v) is 14.4. The van der Waals surface area contributed by atoms with E-state index in [2.05, 4.69) is 31.2 Å². The number of hydrogen-bond acceptors (Lipinski definition) is 5. The van der Waals surface area contributed by atoms with Crippen LogP contribution in [0, 0.1) is 5.92 Å². The van der Waals surface area contributed by atoms with E-state index in [4.69, 9.17) is 4.74 Å². The van der Waals surface area contributed by atoms with E-state index in [0.717, 1.165) is 0 Å². The number of amides is 2. The molecular weight excluding hydrogens is 352 g/mol. The molecule has 0 aliphatic carbocycles. The Labute approximate surface area is 137 Å². The number of rotatable bonds is 2. The molecule has 7 nitrogen and oxygen atoms in total. The van der Waals surface area contributed by atoms with E-state index in [1.807, 2.05) is 20.8 Å². The van der Waals surface area contributed by atoms with Crippen molar-refractivity contribution in [2.75, 3.05) is 18.4 Å². The number of nitrogens with zero attached hydrogens (tertiary/aromatic N) is 3. The molecule has 1 aliphatic heterocycles. The van der Waals surface area contributed by atoms with E-state index in [1.165, 1.54) is 12.4 Å². The number of nitrogens with one attached hydrogen (secondary N) is 1. The summed E-state index contributed by atoms with van der Waals surface area (Å²) in [5.74, 6) is -0.0723. The molecule has 0 saturated carbocycles. The third-order valence-corrected chi connectivity index (χ3v) is 3.69. The Balaban J connectivity index is 1.91. The highest BCUT2D eigenvalue weighted by Gasteiger charge is 2.33. The number of carbonyl (C=O) groups is 2. The van der Waals surface area contributed by atoms with Gasteiger partial charge >= 0.3 is 6.09 Å². The Morgan fingerprint density at radius 1 is 1.36 bits per heavy atom. The Bertz CT molecular complexity index is 573. The van der Waals surface area contributed by atoms with Gasteiger partial charge in [0.2, 0.25) is 5.91 Å². The van der Waals surface area contributed by atoms with Crippen LogP contribution in [0.15, 0.2) is 17.0 Å². The largest absolute Gasteiger partial charge is 0.444 e. The zero-order valence-electron chi connectivity index (χ0n) is 12.8. The number of carbonyl (C=O) groups excluding carboxylic acids is 2. The summed E-state index contributed by atoms with van der Waals surface area (Å²) in [6.07, 6.45) is 3.24. The summed E-state index contributed by atoms with van der Waals surface area (Å²) in [6.45, 7) is 6.30. The lowest BCUT2D eigenvalue weighted by atomic mass is 10.1. The first kappa shape index (κ1) is 16.7. The molecule has 1 unspecified atom stereocenters. The van der Waals surface area contributed by atoms with Crippen LogP contribution in [-0.2, 0) is 9.53 Å². The van der Waals surface area contributed by atoms with Crippen LogP contribution in [-0.4, -0.2) is 45.6 Å². The van der Waals surface area contributed by atoms with Gasteiger partial charge in [0.25, 0.3) is 0 Å². The molecule has 0 aromatic carbocycles. The van der Waals surface area contributed by atoms with Crippen LogP contribution in [0.25, 0.3) is 0 Å². The van der Waals surface area contributed by atoms with Gasteiger partial charge in [-0.1, -0.05) is 0 Å². The smallest absolute Gasteiger partial charge is 0.410 e. The molecule has 1 aliphatic rings. The maximum Gasteiger partial charge on any atom is 0.410 e. The van der Waals surface area contributed by atoms with Crippen LogP contribution in [0.3, 0.4) is 0 Å². The maximum absolute atomic E-state index is 12.2. The third kappa shape index (κ3) is 4.40. The monoisotopic (exact) mass is 370 g/mol. The molecule has 1 saturated heterocycles. The van der Waals surface area contributed by atoms with Gasteiger partial charge in [0.1, 0.15) is 10.2 Å². The molecule has 0 radical (unpaired) electrons. The molecule has 1 aromatic rings. The molecule has 1 atom stereocenters. The molecule has 1 aromatic heterocycles. The fourth-order valence-electron chi connectivity index (χ4n) is 2.09. The zero-order chi connectivity index (χ0) is 16.3. The summed E-state index contributed by atoms with van der Waals surface area (Å²) < 4.78 is 5.79. The topological polar surface area (TPSA) is 84.4 Å². The van der Waals surface area contributed by atoms with Crippen molar-refractivity contribution in [2.45, 2.75) is 32.8 Å². The van der Waals surface area contributed by atoms with Crippen LogP contribution in [0.5, 0.6) is 0 Å². The second-order valence-electron chi connectivity index (χ2n) is 6.10. The first-order chi connectivity index (χ1) is 10.3. The summed E-state index contributed by atoms with van der Waals surface area (Å²) in [6, 6.07) is 0. The van der Waals surface area contributed by atoms with Gasteiger partial charge in [0, 0.05) is 25.5 Å². The molecule has 1 N–H and O–H groups in total. The lowest BCUT2D eigenvalue weighted by molar-refractivity contribution is -0.119. The standard InChI is InChI=1S/C14H19BrN4O3/c1-14(2,3)22-13(21)19-7-4-9(8-19)12(20)18-11-10(15)16-5-6-17-11/h5-6,9H,4,7-8H2,1-3H3,(H,17,18,20).